The second-order valence-electron chi connectivity index (χ2n) is 3.53. The van der Waals surface area contributed by atoms with Crippen molar-refractivity contribution < 1.29 is 17.9 Å². The van der Waals surface area contributed by atoms with E-state index in [1.54, 1.807) is 0 Å². The molecule has 0 unspecified atom stereocenters. The number of alkyl halides is 3. The van der Waals surface area contributed by atoms with E-state index in [2.05, 4.69) is 9.97 Å². The SMILES string of the molecule is FC(F)(F)c1cnc(OCc2ccccc2)nc1. The van der Waals surface area contributed by atoms with Gasteiger partial charge in [-0.25, -0.2) is 9.97 Å². The van der Waals surface area contributed by atoms with Gasteiger partial charge >= 0.3 is 12.2 Å². The van der Waals surface area contributed by atoms with Gasteiger partial charge in [0, 0.05) is 12.4 Å². The molecule has 94 valence electrons. The molecule has 0 saturated carbocycles. The normalized spacial score (nSPS) is 11.3. The van der Waals surface area contributed by atoms with Crippen molar-refractivity contribution in [3.05, 3.63) is 53.9 Å². The minimum absolute atomic E-state index is 0.0770. The first-order valence-corrected chi connectivity index (χ1v) is 5.11. The molecule has 0 radical (unpaired) electrons. The Balaban J connectivity index is 1.99. The van der Waals surface area contributed by atoms with Crippen LogP contribution in [-0.4, -0.2) is 9.97 Å². The predicted octanol–water partition coefficient (Wildman–Crippen LogP) is 3.07. The Hall–Kier alpha value is -2.11. The topological polar surface area (TPSA) is 35.0 Å². The summed E-state index contributed by atoms with van der Waals surface area (Å²) in [7, 11) is 0. The Labute approximate surface area is 101 Å². The van der Waals surface area contributed by atoms with Crippen molar-refractivity contribution in [3.8, 4) is 6.01 Å². The number of ether oxygens (including phenoxy) is 1. The molecule has 1 heterocycles. The molecule has 0 saturated heterocycles. The van der Waals surface area contributed by atoms with Gasteiger partial charge in [-0.3, -0.25) is 0 Å². The van der Waals surface area contributed by atoms with E-state index in [-0.39, 0.29) is 12.6 Å². The minimum atomic E-state index is -4.43. The van der Waals surface area contributed by atoms with Gasteiger partial charge in [-0.2, -0.15) is 13.2 Å². The highest BCUT2D eigenvalue weighted by Crippen LogP contribution is 2.28. The summed E-state index contributed by atoms with van der Waals surface area (Å²) in [6.07, 6.45) is -3.03. The molecule has 2 rings (SSSR count). The van der Waals surface area contributed by atoms with E-state index >= 15 is 0 Å². The summed E-state index contributed by atoms with van der Waals surface area (Å²) in [4.78, 5) is 7.01. The fraction of sp³-hybridized carbons (Fsp3) is 0.167. The van der Waals surface area contributed by atoms with Crippen LogP contribution in [0.15, 0.2) is 42.7 Å². The molecule has 0 spiro atoms. The van der Waals surface area contributed by atoms with E-state index in [1.165, 1.54) is 0 Å². The average molecular weight is 254 g/mol. The number of rotatable bonds is 3. The Kier molecular flexibility index (Phi) is 3.45. The Morgan fingerprint density at radius 2 is 1.61 bits per heavy atom. The lowest BCUT2D eigenvalue weighted by Crippen LogP contribution is -2.07. The summed E-state index contributed by atoms with van der Waals surface area (Å²) in [6, 6.07) is 9.14. The van der Waals surface area contributed by atoms with E-state index < -0.39 is 11.7 Å². The van der Waals surface area contributed by atoms with Crippen molar-refractivity contribution in [1.29, 1.82) is 0 Å². The van der Waals surface area contributed by atoms with Crippen molar-refractivity contribution in [2.24, 2.45) is 0 Å². The van der Waals surface area contributed by atoms with Crippen molar-refractivity contribution in [3.63, 3.8) is 0 Å². The van der Waals surface area contributed by atoms with E-state index in [1.807, 2.05) is 30.3 Å². The first-order valence-electron chi connectivity index (χ1n) is 5.11. The van der Waals surface area contributed by atoms with Crippen LogP contribution in [0.5, 0.6) is 6.01 Å². The van der Waals surface area contributed by atoms with Gasteiger partial charge in [-0.05, 0) is 5.56 Å². The van der Waals surface area contributed by atoms with Crippen LogP contribution >= 0.6 is 0 Å². The fourth-order valence-corrected chi connectivity index (χ4v) is 1.26. The number of aromatic nitrogens is 2. The van der Waals surface area contributed by atoms with E-state index in [9.17, 15) is 13.2 Å². The maximum atomic E-state index is 12.2. The predicted molar refractivity (Wildman–Crippen MR) is 57.8 cm³/mol. The number of hydrogen-bond acceptors (Lipinski definition) is 3. The van der Waals surface area contributed by atoms with Crippen LogP contribution in [0.3, 0.4) is 0 Å². The smallest absolute Gasteiger partial charge is 0.419 e. The fourth-order valence-electron chi connectivity index (χ4n) is 1.26. The Bertz CT molecular complexity index is 497. The molecule has 0 N–H and O–H groups in total. The van der Waals surface area contributed by atoms with Gasteiger partial charge in [-0.15, -0.1) is 0 Å². The molecule has 0 aliphatic heterocycles. The van der Waals surface area contributed by atoms with Gasteiger partial charge in [0.25, 0.3) is 0 Å². The van der Waals surface area contributed by atoms with Gasteiger partial charge in [0.15, 0.2) is 0 Å². The number of halogens is 3. The molecule has 2 aromatic rings. The van der Waals surface area contributed by atoms with Crippen LogP contribution in [-0.2, 0) is 12.8 Å². The summed E-state index contributed by atoms with van der Waals surface area (Å²) in [5.41, 5.74) is -0.00411. The molecule has 0 amide bonds. The summed E-state index contributed by atoms with van der Waals surface area (Å²) < 4.78 is 41.9. The highest BCUT2D eigenvalue weighted by molar-refractivity contribution is 5.15. The number of hydrogen-bond donors (Lipinski definition) is 0. The van der Waals surface area contributed by atoms with Crippen molar-refractivity contribution >= 4 is 0 Å². The molecule has 3 nitrogen and oxygen atoms in total. The summed E-state index contributed by atoms with van der Waals surface area (Å²) in [6.45, 7) is 0.214. The maximum absolute atomic E-state index is 12.2. The molecule has 0 bridgehead atoms. The average Bonchev–Trinajstić information content (AvgIpc) is 2.37. The largest absolute Gasteiger partial charge is 0.459 e. The molecule has 0 aliphatic rings. The monoisotopic (exact) mass is 254 g/mol. The lowest BCUT2D eigenvalue weighted by atomic mass is 10.2. The zero-order chi connectivity index (χ0) is 13.0. The van der Waals surface area contributed by atoms with Gasteiger partial charge in [0.05, 0.1) is 5.56 Å². The van der Waals surface area contributed by atoms with Crippen molar-refractivity contribution in [1.82, 2.24) is 9.97 Å². The summed E-state index contributed by atoms with van der Waals surface area (Å²) in [5.74, 6) is 0. The van der Waals surface area contributed by atoms with Gasteiger partial charge in [-0.1, -0.05) is 30.3 Å². The van der Waals surface area contributed by atoms with Crippen LogP contribution in [0.1, 0.15) is 11.1 Å². The molecule has 0 aliphatic carbocycles. The van der Waals surface area contributed by atoms with Crippen LogP contribution in [0.25, 0.3) is 0 Å². The summed E-state index contributed by atoms with van der Waals surface area (Å²) >= 11 is 0. The lowest BCUT2D eigenvalue weighted by molar-refractivity contribution is -0.138. The molecular formula is C12H9F3N2O. The molecule has 0 fully saturated rings. The second-order valence-corrected chi connectivity index (χ2v) is 3.53. The quantitative estimate of drug-likeness (QED) is 0.844. The van der Waals surface area contributed by atoms with Gasteiger partial charge in [0.2, 0.25) is 0 Å². The third kappa shape index (κ3) is 3.19. The molecule has 1 aromatic carbocycles. The first kappa shape index (κ1) is 12.3. The van der Waals surface area contributed by atoms with Crippen LogP contribution in [0.2, 0.25) is 0 Å². The van der Waals surface area contributed by atoms with E-state index in [0.717, 1.165) is 5.56 Å². The maximum Gasteiger partial charge on any atom is 0.419 e. The van der Waals surface area contributed by atoms with Crippen LogP contribution < -0.4 is 4.74 Å². The summed E-state index contributed by atoms with van der Waals surface area (Å²) in [5, 5.41) is 0. The second kappa shape index (κ2) is 5.03. The third-order valence-electron chi connectivity index (χ3n) is 2.17. The lowest BCUT2D eigenvalue weighted by Gasteiger charge is -2.07. The van der Waals surface area contributed by atoms with Crippen molar-refractivity contribution in [2.45, 2.75) is 12.8 Å². The molecule has 1 aromatic heterocycles. The van der Waals surface area contributed by atoms with E-state index in [4.69, 9.17) is 4.74 Å². The molecule has 6 heteroatoms. The zero-order valence-electron chi connectivity index (χ0n) is 9.19. The number of benzene rings is 1. The highest BCUT2D eigenvalue weighted by atomic mass is 19.4. The Morgan fingerprint density at radius 1 is 1.00 bits per heavy atom. The van der Waals surface area contributed by atoms with E-state index in [0.29, 0.717) is 12.4 Å². The van der Waals surface area contributed by atoms with Crippen molar-refractivity contribution in [2.75, 3.05) is 0 Å². The number of nitrogens with zero attached hydrogens (tertiary/aromatic N) is 2. The highest BCUT2D eigenvalue weighted by Gasteiger charge is 2.31. The van der Waals surface area contributed by atoms with Crippen LogP contribution in [0, 0.1) is 0 Å². The first-order chi connectivity index (χ1) is 8.55. The molecule has 0 atom stereocenters. The van der Waals surface area contributed by atoms with Gasteiger partial charge in [0.1, 0.15) is 6.61 Å². The molecule has 18 heavy (non-hydrogen) atoms. The van der Waals surface area contributed by atoms with Gasteiger partial charge < -0.3 is 4.74 Å². The standard InChI is InChI=1S/C12H9F3N2O/c13-12(14,15)10-6-16-11(17-7-10)18-8-9-4-2-1-3-5-9/h1-7H,8H2. The Morgan fingerprint density at radius 3 is 2.17 bits per heavy atom. The molecular weight excluding hydrogens is 245 g/mol. The third-order valence-corrected chi connectivity index (χ3v) is 2.17. The minimum Gasteiger partial charge on any atom is -0.459 e. The zero-order valence-corrected chi connectivity index (χ0v) is 9.19. The van der Waals surface area contributed by atoms with Crippen LogP contribution in [0.4, 0.5) is 13.2 Å².